The van der Waals surface area contributed by atoms with E-state index in [1.54, 1.807) is 18.2 Å². The molecular formula is C10H8Cl2O. The van der Waals surface area contributed by atoms with Crippen LogP contribution in [0.5, 0.6) is 0 Å². The van der Waals surface area contributed by atoms with Gasteiger partial charge >= 0.3 is 0 Å². The second kappa shape index (κ2) is 4.50. The van der Waals surface area contributed by atoms with Crippen molar-refractivity contribution in [3.05, 3.63) is 52.2 Å². The number of benzene rings is 1. The third-order valence-electron chi connectivity index (χ3n) is 1.56. The van der Waals surface area contributed by atoms with Crippen molar-refractivity contribution in [2.24, 2.45) is 0 Å². The SMILES string of the molecule is C=C=CC(O)c1ccc(Cl)cc1Cl. The predicted molar refractivity (Wildman–Crippen MR) is 55.1 cm³/mol. The molecule has 1 atom stereocenters. The summed E-state index contributed by atoms with van der Waals surface area (Å²) in [5.74, 6) is 0. The standard InChI is InChI=1S/C10H8Cl2O/c1-2-3-10(13)8-5-4-7(11)6-9(8)12/h3-6,10,13H,1H2. The molecule has 1 N–H and O–H groups in total. The molecule has 1 aromatic carbocycles. The zero-order chi connectivity index (χ0) is 9.84. The third-order valence-corrected chi connectivity index (χ3v) is 2.12. The first-order chi connectivity index (χ1) is 6.15. The van der Waals surface area contributed by atoms with E-state index in [2.05, 4.69) is 12.3 Å². The third kappa shape index (κ3) is 2.61. The summed E-state index contributed by atoms with van der Waals surface area (Å²) in [5, 5.41) is 10.5. The van der Waals surface area contributed by atoms with E-state index in [1.165, 1.54) is 6.08 Å². The second-order valence-corrected chi connectivity index (χ2v) is 3.33. The number of aliphatic hydroxyl groups excluding tert-OH is 1. The van der Waals surface area contributed by atoms with Crippen molar-refractivity contribution in [3.63, 3.8) is 0 Å². The molecule has 1 aromatic rings. The van der Waals surface area contributed by atoms with Crippen molar-refractivity contribution in [2.45, 2.75) is 6.10 Å². The van der Waals surface area contributed by atoms with Crippen molar-refractivity contribution in [1.29, 1.82) is 0 Å². The molecule has 0 fully saturated rings. The van der Waals surface area contributed by atoms with Crippen molar-refractivity contribution < 1.29 is 5.11 Å². The number of hydrogen-bond acceptors (Lipinski definition) is 1. The maximum absolute atomic E-state index is 9.51. The van der Waals surface area contributed by atoms with Crippen LogP contribution in [0.25, 0.3) is 0 Å². The van der Waals surface area contributed by atoms with E-state index in [-0.39, 0.29) is 0 Å². The van der Waals surface area contributed by atoms with Gasteiger partial charge in [-0.15, -0.1) is 5.73 Å². The number of hydrogen-bond donors (Lipinski definition) is 1. The Balaban J connectivity index is 3.08. The van der Waals surface area contributed by atoms with Gasteiger partial charge in [-0.1, -0.05) is 35.8 Å². The molecule has 0 saturated carbocycles. The fourth-order valence-electron chi connectivity index (χ4n) is 0.943. The molecule has 1 nitrogen and oxygen atoms in total. The minimum atomic E-state index is -0.776. The Kier molecular flexibility index (Phi) is 3.58. The Morgan fingerprint density at radius 1 is 1.46 bits per heavy atom. The minimum Gasteiger partial charge on any atom is -0.384 e. The van der Waals surface area contributed by atoms with Gasteiger partial charge in [0, 0.05) is 15.6 Å². The maximum atomic E-state index is 9.51. The Morgan fingerprint density at radius 2 is 2.15 bits per heavy atom. The van der Waals surface area contributed by atoms with Gasteiger partial charge in [-0.3, -0.25) is 0 Å². The smallest absolute Gasteiger partial charge is 0.106 e. The number of halogens is 2. The normalized spacial score (nSPS) is 11.9. The van der Waals surface area contributed by atoms with Crippen LogP contribution in [0.4, 0.5) is 0 Å². The first kappa shape index (κ1) is 10.4. The summed E-state index contributed by atoms with van der Waals surface area (Å²) in [5.41, 5.74) is 3.09. The first-order valence-corrected chi connectivity index (χ1v) is 4.39. The average Bonchev–Trinajstić information content (AvgIpc) is 2.04. The Bertz CT molecular complexity index is 354. The van der Waals surface area contributed by atoms with Crippen LogP contribution in [0.15, 0.2) is 36.6 Å². The number of rotatable bonds is 2. The monoisotopic (exact) mass is 214 g/mol. The molecule has 0 heterocycles. The zero-order valence-electron chi connectivity index (χ0n) is 6.80. The molecule has 0 saturated heterocycles. The molecule has 1 unspecified atom stereocenters. The lowest BCUT2D eigenvalue weighted by atomic mass is 10.1. The van der Waals surface area contributed by atoms with Crippen LogP contribution in [-0.4, -0.2) is 5.11 Å². The first-order valence-electron chi connectivity index (χ1n) is 3.64. The van der Waals surface area contributed by atoms with Gasteiger partial charge in [-0.2, -0.15) is 0 Å². The highest BCUT2D eigenvalue weighted by atomic mass is 35.5. The molecule has 0 aliphatic heterocycles. The number of aliphatic hydroxyl groups is 1. The Morgan fingerprint density at radius 3 is 2.69 bits per heavy atom. The van der Waals surface area contributed by atoms with Crippen LogP contribution in [0.1, 0.15) is 11.7 Å². The summed E-state index contributed by atoms with van der Waals surface area (Å²) < 4.78 is 0. The van der Waals surface area contributed by atoms with Crippen molar-refractivity contribution in [1.82, 2.24) is 0 Å². The van der Waals surface area contributed by atoms with Gasteiger partial charge < -0.3 is 5.11 Å². The fourth-order valence-corrected chi connectivity index (χ4v) is 1.46. The van der Waals surface area contributed by atoms with E-state index < -0.39 is 6.10 Å². The van der Waals surface area contributed by atoms with Gasteiger partial charge in [0.1, 0.15) is 6.10 Å². The fraction of sp³-hybridized carbons (Fsp3) is 0.100. The summed E-state index contributed by atoms with van der Waals surface area (Å²) in [7, 11) is 0. The van der Waals surface area contributed by atoms with E-state index in [4.69, 9.17) is 23.2 Å². The van der Waals surface area contributed by atoms with Crippen LogP contribution in [0, 0.1) is 0 Å². The lowest BCUT2D eigenvalue weighted by Crippen LogP contribution is -1.93. The molecule has 13 heavy (non-hydrogen) atoms. The van der Waals surface area contributed by atoms with Gasteiger partial charge in [-0.05, 0) is 18.2 Å². The van der Waals surface area contributed by atoms with Gasteiger partial charge in [0.2, 0.25) is 0 Å². The maximum Gasteiger partial charge on any atom is 0.106 e. The quantitative estimate of drug-likeness (QED) is 0.750. The summed E-state index contributed by atoms with van der Waals surface area (Å²) in [6.45, 7) is 3.36. The highest BCUT2D eigenvalue weighted by molar-refractivity contribution is 6.35. The van der Waals surface area contributed by atoms with Crippen LogP contribution in [0.3, 0.4) is 0 Å². The van der Waals surface area contributed by atoms with Gasteiger partial charge in [0.25, 0.3) is 0 Å². The summed E-state index contributed by atoms with van der Waals surface area (Å²) in [6.07, 6.45) is 0.650. The summed E-state index contributed by atoms with van der Waals surface area (Å²) in [4.78, 5) is 0. The molecule has 1 rings (SSSR count). The molecule has 0 radical (unpaired) electrons. The minimum absolute atomic E-state index is 0.437. The highest BCUT2D eigenvalue weighted by Gasteiger charge is 2.07. The lowest BCUT2D eigenvalue weighted by molar-refractivity contribution is 0.229. The van der Waals surface area contributed by atoms with E-state index in [0.29, 0.717) is 15.6 Å². The zero-order valence-corrected chi connectivity index (χ0v) is 8.31. The van der Waals surface area contributed by atoms with Gasteiger partial charge in [0.15, 0.2) is 0 Å². The molecule has 0 bridgehead atoms. The van der Waals surface area contributed by atoms with Crippen molar-refractivity contribution in [2.75, 3.05) is 0 Å². The van der Waals surface area contributed by atoms with Crippen LogP contribution in [0.2, 0.25) is 10.0 Å². The molecule has 0 aliphatic carbocycles. The molecular weight excluding hydrogens is 207 g/mol. The highest BCUT2D eigenvalue weighted by Crippen LogP contribution is 2.26. The largest absolute Gasteiger partial charge is 0.384 e. The molecule has 0 aliphatic rings. The Labute approximate surface area is 86.9 Å². The predicted octanol–water partition coefficient (Wildman–Crippen LogP) is 3.37. The summed E-state index contributed by atoms with van der Waals surface area (Å²) in [6, 6.07) is 4.92. The van der Waals surface area contributed by atoms with E-state index in [1.807, 2.05) is 0 Å². The van der Waals surface area contributed by atoms with E-state index in [0.717, 1.165) is 0 Å². The van der Waals surface area contributed by atoms with Crippen molar-refractivity contribution in [3.8, 4) is 0 Å². The summed E-state index contributed by atoms with van der Waals surface area (Å²) >= 11 is 11.5. The van der Waals surface area contributed by atoms with Crippen molar-refractivity contribution >= 4 is 23.2 Å². The van der Waals surface area contributed by atoms with E-state index in [9.17, 15) is 5.11 Å². The van der Waals surface area contributed by atoms with Gasteiger partial charge in [-0.25, -0.2) is 0 Å². The lowest BCUT2D eigenvalue weighted by Gasteiger charge is -2.07. The van der Waals surface area contributed by atoms with Gasteiger partial charge in [0.05, 0.1) is 0 Å². The molecule has 3 heteroatoms. The van der Waals surface area contributed by atoms with Crippen LogP contribution in [-0.2, 0) is 0 Å². The topological polar surface area (TPSA) is 20.2 Å². The molecule has 0 amide bonds. The second-order valence-electron chi connectivity index (χ2n) is 2.48. The Hall–Kier alpha value is -0.720. The average molecular weight is 215 g/mol. The molecule has 68 valence electrons. The van der Waals surface area contributed by atoms with Crippen LogP contribution < -0.4 is 0 Å². The van der Waals surface area contributed by atoms with E-state index >= 15 is 0 Å². The van der Waals surface area contributed by atoms with Crippen LogP contribution >= 0.6 is 23.2 Å². The molecule has 0 aromatic heterocycles. The molecule has 0 spiro atoms.